The van der Waals surface area contributed by atoms with E-state index in [0.29, 0.717) is 30.4 Å². The largest absolute Gasteiger partial charge is 1.00 e. The highest BCUT2D eigenvalue weighted by Crippen LogP contribution is 2.09. The molecule has 0 aromatic heterocycles. The number of halogens is 1. The van der Waals surface area contributed by atoms with Crippen molar-refractivity contribution in [3.63, 3.8) is 0 Å². The SMILES string of the molecule is OCCC[N+](CCO)(CCO)CCCO.[Cl-]. The zero-order chi connectivity index (χ0) is 11.6. The molecule has 0 aromatic rings. The van der Waals surface area contributed by atoms with E-state index in [2.05, 4.69) is 0 Å². The molecule has 0 saturated heterocycles. The van der Waals surface area contributed by atoms with Gasteiger partial charge in [0, 0.05) is 26.1 Å². The fraction of sp³-hybridized carbons (Fsp3) is 1.00. The van der Waals surface area contributed by atoms with E-state index in [-0.39, 0.29) is 38.8 Å². The van der Waals surface area contributed by atoms with E-state index >= 15 is 0 Å². The van der Waals surface area contributed by atoms with Crippen molar-refractivity contribution in [3.05, 3.63) is 0 Å². The van der Waals surface area contributed by atoms with Crippen LogP contribution in [-0.2, 0) is 0 Å². The minimum Gasteiger partial charge on any atom is -1.00 e. The maximum atomic E-state index is 9.00. The Labute approximate surface area is 103 Å². The highest BCUT2D eigenvalue weighted by atomic mass is 35.5. The minimum absolute atomic E-state index is 0. The number of aliphatic hydroxyl groups excluding tert-OH is 4. The van der Waals surface area contributed by atoms with Crippen LogP contribution in [0.25, 0.3) is 0 Å². The van der Waals surface area contributed by atoms with E-state index in [9.17, 15) is 0 Å². The molecular formula is C10H24ClNO4. The van der Waals surface area contributed by atoms with Gasteiger partial charge in [0.1, 0.15) is 13.1 Å². The van der Waals surface area contributed by atoms with Crippen LogP contribution in [0.1, 0.15) is 12.8 Å². The monoisotopic (exact) mass is 257 g/mol. The van der Waals surface area contributed by atoms with Crippen LogP contribution in [-0.4, -0.2) is 77.5 Å². The van der Waals surface area contributed by atoms with Crippen molar-refractivity contribution in [2.24, 2.45) is 0 Å². The van der Waals surface area contributed by atoms with Gasteiger partial charge in [0.15, 0.2) is 0 Å². The Morgan fingerprint density at radius 1 is 0.562 bits per heavy atom. The molecule has 0 aliphatic heterocycles. The van der Waals surface area contributed by atoms with Crippen LogP contribution in [0.4, 0.5) is 0 Å². The summed E-state index contributed by atoms with van der Waals surface area (Å²) in [4.78, 5) is 0. The summed E-state index contributed by atoms with van der Waals surface area (Å²) >= 11 is 0. The Bertz CT molecular complexity index is 133. The summed E-state index contributed by atoms with van der Waals surface area (Å²) in [5.41, 5.74) is 0. The molecule has 0 bridgehead atoms. The molecule has 6 heteroatoms. The lowest BCUT2D eigenvalue weighted by atomic mass is 10.2. The van der Waals surface area contributed by atoms with Gasteiger partial charge < -0.3 is 37.3 Å². The molecule has 0 fully saturated rings. The molecular weight excluding hydrogens is 234 g/mol. The van der Waals surface area contributed by atoms with Gasteiger partial charge in [0.2, 0.25) is 0 Å². The summed E-state index contributed by atoms with van der Waals surface area (Å²) in [6.07, 6.45) is 1.32. The van der Waals surface area contributed by atoms with Gasteiger partial charge in [0.05, 0.1) is 26.3 Å². The van der Waals surface area contributed by atoms with Gasteiger partial charge in [-0.05, 0) is 0 Å². The van der Waals surface area contributed by atoms with E-state index in [1.54, 1.807) is 0 Å². The fourth-order valence-corrected chi connectivity index (χ4v) is 1.91. The number of nitrogens with zero attached hydrogens (tertiary/aromatic N) is 1. The van der Waals surface area contributed by atoms with Crippen LogP contribution in [0.15, 0.2) is 0 Å². The number of aliphatic hydroxyl groups is 4. The zero-order valence-corrected chi connectivity index (χ0v) is 10.4. The van der Waals surface area contributed by atoms with Gasteiger partial charge in [-0.2, -0.15) is 0 Å². The molecule has 16 heavy (non-hydrogen) atoms. The van der Waals surface area contributed by atoms with E-state index in [4.69, 9.17) is 20.4 Å². The second-order valence-electron chi connectivity index (χ2n) is 3.84. The zero-order valence-electron chi connectivity index (χ0n) is 9.69. The Morgan fingerprint density at radius 3 is 1.19 bits per heavy atom. The van der Waals surface area contributed by atoms with Gasteiger partial charge in [-0.1, -0.05) is 0 Å². The topological polar surface area (TPSA) is 80.9 Å². The maximum Gasteiger partial charge on any atom is 0.102 e. The quantitative estimate of drug-likeness (QED) is 0.298. The first-order valence-electron chi connectivity index (χ1n) is 5.53. The summed E-state index contributed by atoms with van der Waals surface area (Å²) in [7, 11) is 0. The first kappa shape index (κ1) is 18.5. The van der Waals surface area contributed by atoms with Crippen molar-refractivity contribution in [3.8, 4) is 0 Å². The van der Waals surface area contributed by atoms with Gasteiger partial charge in [-0.25, -0.2) is 0 Å². The lowest BCUT2D eigenvalue weighted by Gasteiger charge is -2.37. The van der Waals surface area contributed by atoms with Gasteiger partial charge >= 0.3 is 0 Å². The average Bonchev–Trinajstić information content (AvgIpc) is 2.24. The highest BCUT2D eigenvalue weighted by Gasteiger charge is 2.25. The third-order valence-corrected chi connectivity index (χ3v) is 2.73. The van der Waals surface area contributed by atoms with Crippen LogP contribution in [0.2, 0.25) is 0 Å². The predicted octanol–water partition coefficient (Wildman–Crippen LogP) is -4.44. The number of rotatable bonds is 10. The molecule has 0 aliphatic carbocycles. The molecule has 4 N–H and O–H groups in total. The molecule has 0 atom stereocenters. The van der Waals surface area contributed by atoms with Gasteiger partial charge in [-0.3, -0.25) is 0 Å². The van der Waals surface area contributed by atoms with E-state index in [0.717, 1.165) is 13.1 Å². The smallest absolute Gasteiger partial charge is 0.102 e. The predicted molar refractivity (Wildman–Crippen MR) is 57.3 cm³/mol. The highest BCUT2D eigenvalue weighted by molar-refractivity contribution is 4.47. The molecule has 0 aliphatic rings. The Morgan fingerprint density at radius 2 is 0.938 bits per heavy atom. The van der Waals surface area contributed by atoms with Gasteiger partial charge in [0.25, 0.3) is 0 Å². The molecule has 0 unspecified atom stereocenters. The molecule has 0 saturated carbocycles. The first-order chi connectivity index (χ1) is 7.24. The second-order valence-corrected chi connectivity index (χ2v) is 3.84. The molecule has 100 valence electrons. The third-order valence-electron chi connectivity index (χ3n) is 2.73. The van der Waals surface area contributed by atoms with E-state index in [1.807, 2.05) is 0 Å². The molecule has 0 spiro atoms. The third kappa shape index (κ3) is 7.38. The van der Waals surface area contributed by atoms with Crippen LogP contribution in [0, 0.1) is 0 Å². The van der Waals surface area contributed by atoms with Crippen molar-refractivity contribution in [1.82, 2.24) is 0 Å². The molecule has 5 nitrogen and oxygen atoms in total. The molecule has 0 amide bonds. The molecule has 0 heterocycles. The summed E-state index contributed by atoms with van der Waals surface area (Å²) in [5.74, 6) is 0. The summed E-state index contributed by atoms with van der Waals surface area (Å²) in [6.45, 7) is 2.98. The molecule has 0 aromatic carbocycles. The molecule has 0 rings (SSSR count). The van der Waals surface area contributed by atoms with Gasteiger partial charge in [-0.15, -0.1) is 0 Å². The van der Waals surface area contributed by atoms with Crippen LogP contribution < -0.4 is 12.4 Å². The lowest BCUT2D eigenvalue weighted by molar-refractivity contribution is -0.929. The number of quaternary nitrogens is 1. The summed E-state index contributed by atoms with van der Waals surface area (Å²) < 4.78 is 0.578. The maximum absolute atomic E-state index is 9.00. The fourth-order valence-electron chi connectivity index (χ4n) is 1.91. The van der Waals surface area contributed by atoms with Crippen LogP contribution >= 0.6 is 0 Å². The minimum atomic E-state index is 0. The Hall–Kier alpha value is 0.0900. The van der Waals surface area contributed by atoms with Crippen molar-refractivity contribution in [1.29, 1.82) is 0 Å². The Kier molecular flexibility index (Phi) is 13.3. The van der Waals surface area contributed by atoms with Crippen molar-refractivity contribution < 1.29 is 37.3 Å². The number of hydrogen-bond acceptors (Lipinski definition) is 4. The lowest BCUT2D eigenvalue weighted by Crippen LogP contribution is -3.00. The standard InChI is InChI=1S/C10H24NO4.ClH/c12-7-1-3-11(5-9-14,6-10-15)4-2-8-13;/h12-15H,1-10H2;1H/q+1;/p-1. The van der Waals surface area contributed by atoms with Crippen LogP contribution in [0.5, 0.6) is 0 Å². The average molecular weight is 258 g/mol. The van der Waals surface area contributed by atoms with E-state index in [1.165, 1.54) is 0 Å². The van der Waals surface area contributed by atoms with Crippen molar-refractivity contribution in [2.75, 3.05) is 52.6 Å². The van der Waals surface area contributed by atoms with Crippen molar-refractivity contribution in [2.45, 2.75) is 12.8 Å². The Balaban J connectivity index is 0. The van der Waals surface area contributed by atoms with Crippen molar-refractivity contribution >= 4 is 0 Å². The second kappa shape index (κ2) is 11.6. The molecule has 0 radical (unpaired) electrons. The number of hydrogen-bond donors (Lipinski definition) is 4. The van der Waals surface area contributed by atoms with Crippen LogP contribution in [0.3, 0.4) is 0 Å². The summed E-state index contributed by atoms with van der Waals surface area (Å²) in [5, 5.41) is 35.6. The summed E-state index contributed by atoms with van der Waals surface area (Å²) in [6, 6.07) is 0. The van der Waals surface area contributed by atoms with E-state index < -0.39 is 0 Å². The normalized spacial score (nSPS) is 11.2. The first-order valence-corrected chi connectivity index (χ1v) is 5.53.